The van der Waals surface area contributed by atoms with Gasteiger partial charge in [0.2, 0.25) is 0 Å². The van der Waals surface area contributed by atoms with Crippen LogP contribution in [0.3, 0.4) is 0 Å². The predicted octanol–water partition coefficient (Wildman–Crippen LogP) is 12.4. The Hall–Kier alpha value is -3.55. The molecule has 45 heavy (non-hydrogen) atoms. The van der Waals surface area contributed by atoms with Crippen molar-refractivity contribution in [2.75, 3.05) is 0 Å². The Balaban J connectivity index is 1.43. The van der Waals surface area contributed by atoms with Crippen molar-refractivity contribution in [2.45, 2.75) is 52.4 Å². The molecule has 0 spiro atoms. The van der Waals surface area contributed by atoms with E-state index in [2.05, 4.69) is 137 Å². The Morgan fingerprint density at radius 3 is 1.64 bits per heavy atom. The summed E-state index contributed by atoms with van der Waals surface area (Å²) in [5.41, 5.74) is 7.65. The number of rotatable bonds is 12. The third kappa shape index (κ3) is 6.43. The molecule has 0 aliphatic carbocycles. The first-order valence-electron chi connectivity index (χ1n) is 15.9. The third-order valence-corrected chi connectivity index (χ3v) is 12.5. The zero-order valence-corrected chi connectivity index (χ0v) is 29.0. The summed E-state index contributed by atoms with van der Waals surface area (Å²) in [7, 11) is 0. The topological polar surface area (TPSA) is 8.81 Å². The van der Waals surface area contributed by atoms with E-state index in [0.29, 0.717) is 0 Å². The Kier molecular flexibility index (Phi) is 9.26. The molecule has 0 atom stereocenters. The number of aryl methyl sites for hydroxylation is 2. The number of benzene rings is 2. The molecule has 0 N–H and O–H groups in total. The summed E-state index contributed by atoms with van der Waals surface area (Å²) >= 11 is 7.38. The van der Waals surface area contributed by atoms with Gasteiger partial charge in [-0.15, -0.1) is 45.3 Å². The van der Waals surface area contributed by atoms with E-state index in [9.17, 15) is 0 Å². The van der Waals surface area contributed by atoms with Crippen LogP contribution >= 0.6 is 45.3 Å². The molecule has 0 fully saturated rings. The van der Waals surface area contributed by atoms with Crippen LogP contribution in [0.25, 0.3) is 52.0 Å². The van der Waals surface area contributed by atoms with Crippen molar-refractivity contribution in [1.29, 1.82) is 0 Å². The van der Waals surface area contributed by atoms with Gasteiger partial charge < -0.3 is 0 Å². The van der Waals surface area contributed by atoms with Gasteiger partial charge in [0.15, 0.2) is 11.4 Å². The third-order valence-electron chi connectivity index (χ3n) is 8.21. The molecule has 7 aromatic rings. The first-order chi connectivity index (χ1) is 22.2. The molecule has 0 amide bonds. The van der Waals surface area contributed by atoms with Crippen LogP contribution in [0.2, 0.25) is 0 Å². The quantitative estimate of drug-likeness (QED) is 0.115. The number of hydrogen-bond acceptors (Lipinski definition) is 4. The van der Waals surface area contributed by atoms with Gasteiger partial charge in [-0.05, 0) is 108 Å². The Morgan fingerprint density at radius 1 is 0.556 bits per heavy atom. The number of unbranched alkanes of at least 4 members (excludes halogenated alkanes) is 2. The van der Waals surface area contributed by atoms with E-state index in [-0.39, 0.29) is 0 Å². The Labute approximate surface area is 282 Å². The van der Waals surface area contributed by atoms with E-state index in [1.807, 2.05) is 22.7 Å². The van der Waals surface area contributed by atoms with Gasteiger partial charge >= 0.3 is 0 Å². The molecule has 226 valence electrons. The van der Waals surface area contributed by atoms with Gasteiger partial charge in [-0.2, -0.15) is 9.13 Å². The molecule has 0 aliphatic rings. The molecule has 7 rings (SSSR count). The second-order valence-electron chi connectivity index (χ2n) is 11.4. The van der Waals surface area contributed by atoms with E-state index < -0.39 is 0 Å². The van der Waals surface area contributed by atoms with Crippen molar-refractivity contribution < 1.29 is 4.57 Å². The van der Waals surface area contributed by atoms with Gasteiger partial charge in [0.1, 0.15) is 11.4 Å². The largest absolute Gasteiger partial charge is 0.255 e. The summed E-state index contributed by atoms with van der Waals surface area (Å²) in [5, 5.41) is 4.33. The summed E-state index contributed by atoms with van der Waals surface area (Å²) in [6, 6.07) is 36.4. The lowest BCUT2D eigenvalue weighted by Gasteiger charge is -2.05. The van der Waals surface area contributed by atoms with Crippen LogP contribution < -0.4 is 4.57 Å². The van der Waals surface area contributed by atoms with E-state index in [1.165, 1.54) is 88.8 Å². The van der Waals surface area contributed by atoms with Crippen LogP contribution in [0, 0.1) is 0 Å². The minimum atomic E-state index is 1.13. The molecular weight excluding hydrogens is 625 g/mol. The molecule has 0 radical (unpaired) electrons. The first kappa shape index (κ1) is 30.1. The molecule has 0 bridgehead atoms. The average molecular weight is 662 g/mol. The Morgan fingerprint density at radius 2 is 1.09 bits per heavy atom. The van der Waals surface area contributed by atoms with Crippen molar-refractivity contribution in [2.24, 2.45) is 0 Å². The number of thiophene rings is 4. The van der Waals surface area contributed by atoms with Gasteiger partial charge in [0.05, 0.1) is 9.75 Å². The van der Waals surface area contributed by atoms with Crippen molar-refractivity contribution in [3.05, 3.63) is 125 Å². The van der Waals surface area contributed by atoms with Gasteiger partial charge in [0, 0.05) is 19.5 Å². The second-order valence-corrected chi connectivity index (χ2v) is 15.4. The normalized spacial score (nSPS) is 11.4. The van der Waals surface area contributed by atoms with Crippen molar-refractivity contribution in [3.8, 4) is 52.0 Å². The highest BCUT2D eigenvalue weighted by molar-refractivity contribution is 7.24. The highest BCUT2D eigenvalue weighted by atomic mass is 32.1. The maximum Gasteiger partial charge on any atom is 0.255 e. The van der Waals surface area contributed by atoms with Crippen LogP contribution in [0.5, 0.6) is 0 Å². The lowest BCUT2D eigenvalue weighted by molar-refractivity contribution is -0.583. The van der Waals surface area contributed by atoms with E-state index >= 15 is 0 Å². The average Bonchev–Trinajstić information content (AvgIpc) is 3.91. The minimum Gasteiger partial charge on any atom is -0.193 e. The standard InChI is InChI=1S/C39H37N2S4/c1-3-5-9-28-13-17-30(18-14-28)40-27-41(31-19-15-29(16-20-31)10-6-4-2)39(37-24-22-35(45-37)33-12-8-26-43-33)38(40)36-23-21-34(44-36)32-11-7-25-42-32/h7-8,11-27H,3-6,9-10H2,1-2H3/q+1. The molecule has 0 saturated heterocycles. The maximum absolute atomic E-state index is 2.42. The highest BCUT2D eigenvalue weighted by Gasteiger charge is 2.31. The van der Waals surface area contributed by atoms with Crippen molar-refractivity contribution in [3.63, 3.8) is 0 Å². The minimum absolute atomic E-state index is 1.13. The SMILES string of the molecule is CCCCc1ccc(-n2c[n+](-c3ccc(CCCC)cc3)c(-c3ccc(-c4cccs4)s3)c2-c2ccc(-c3cccs3)s2)cc1. The molecule has 0 saturated carbocycles. The fraction of sp³-hybridized carbons (Fsp3) is 0.205. The summed E-state index contributed by atoms with van der Waals surface area (Å²) in [5.74, 6) is 0. The molecule has 0 unspecified atom stereocenters. The number of hydrogen-bond donors (Lipinski definition) is 0. The predicted molar refractivity (Wildman–Crippen MR) is 198 cm³/mol. The molecule has 2 aromatic carbocycles. The van der Waals surface area contributed by atoms with E-state index in [4.69, 9.17) is 0 Å². The molecule has 6 heteroatoms. The molecule has 5 heterocycles. The number of aromatic nitrogens is 2. The van der Waals surface area contributed by atoms with Crippen LogP contribution in [0.1, 0.15) is 50.7 Å². The summed E-state index contributed by atoms with van der Waals surface area (Å²) in [6.45, 7) is 4.52. The Bertz CT molecular complexity index is 1810. The summed E-state index contributed by atoms with van der Waals surface area (Å²) in [6.07, 6.45) is 9.42. The van der Waals surface area contributed by atoms with Crippen LogP contribution in [-0.2, 0) is 12.8 Å². The fourth-order valence-electron chi connectivity index (χ4n) is 5.76. The van der Waals surface area contributed by atoms with Crippen molar-refractivity contribution in [1.82, 2.24) is 4.57 Å². The van der Waals surface area contributed by atoms with Gasteiger partial charge in [0.25, 0.3) is 6.33 Å². The van der Waals surface area contributed by atoms with E-state index in [1.54, 1.807) is 22.7 Å². The first-order valence-corrected chi connectivity index (χ1v) is 19.2. The zero-order chi connectivity index (χ0) is 30.6. The molecule has 0 aliphatic heterocycles. The molecule has 2 nitrogen and oxygen atoms in total. The number of nitrogens with zero attached hydrogens (tertiary/aromatic N) is 2. The smallest absolute Gasteiger partial charge is 0.193 e. The van der Waals surface area contributed by atoms with Crippen LogP contribution in [-0.4, -0.2) is 4.57 Å². The fourth-order valence-corrected chi connectivity index (χ4v) is 9.53. The van der Waals surface area contributed by atoms with Crippen LogP contribution in [0.4, 0.5) is 0 Å². The highest BCUT2D eigenvalue weighted by Crippen LogP contribution is 2.44. The van der Waals surface area contributed by atoms with Crippen molar-refractivity contribution >= 4 is 45.3 Å². The molecular formula is C39H37N2S4+. The molecule has 5 aromatic heterocycles. The lowest BCUT2D eigenvalue weighted by Crippen LogP contribution is -2.30. The lowest BCUT2D eigenvalue weighted by atomic mass is 10.1. The van der Waals surface area contributed by atoms with Gasteiger partial charge in [-0.3, -0.25) is 0 Å². The zero-order valence-electron chi connectivity index (χ0n) is 25.7. The van der Waals surface area contributed by atoms with Crippen LogP contribution in [0.15, 0.2) is 114 Å². The monoisotopic (exact) mass is 661 g/mol. The summed E-state index contributed by atoms with van der Waals surface area (Å²) in [4.78, 5) is 7.80. The summed E-state index contributed by atoms with van der Waals surface area (Å²) < 4.78 is 4.83. The van der Waals surface area contributed by atoms with Gasteiger partial charge in [-0.25, -0.2) is 0 Å². The maximum atomic E-state index is 2.42. The van der Waals surface area contributed by atoms with E-state index in [0.717, 1.165) is 12.8 Å². The van der Waals surface area contributed by atoms with Gasteiger partial charge in [-0.1, -0.05) is 63.1 Å². The number of imidazole rings is 1. The second kappa shape index (κ2) is 13.8.